The fourth-order valence-electron chi connectivity index (χ4n) is 10.4. The van der Waals surface area contributed by atoms with Gasteiger partial charge in [0.05, 0.1) is 0 Å². The third-order valence-electron chi connectivity index (χ3n) is 14.1. The van der Waals surface area contributed by atoms with E-state index in [2.05, 4.69) is 194 Å². The predicted molar refractivity (Wildman–Crippen MR) is 237 cm³/mol. The van der Waals surface area contributed by atoms with Crippen LogP contribution in [0.5, 0.6) is 0 Å². The maximum atomic E-state index is 2.52. The first-order valence-electron chi connectivity index (χ1n) is 20.5. The van der Waals surface area contributed by atoms with Crippen molar-refractivity contribution >= 4 is 0 Å². The average molecular weight is 719 g/mol. The molecule has 0 fully saturated rings. The van der Waals surface area contributed by atoms with Gasteiger partial charge in [0.2, 0.25) is 0 Å². The molecule has 0 aliphatic heterocycles. The minimum Gasteiger partial charge on any atom is -0.0579 e. The molecular formula is C55H58. The highest BCUT2D eigenvalue weighted by atomic mass is 14.4. The summed E-state index contributed by atoms with van der Waals surface area (Å²) in [6.07, 6.45) is 0. The van der Waals surface area contributed by atoms with Gasteiger partial charge in [-0.1, -0.05) is 156 Å². The smallest absolute Gasteiger partial charge is 0.0159 e. The summed E-state index contributed by atoms with van der Waals surface area (Å²) in [6.45, 7) is 33.0. The zero-order valence-corrected chi connectivity index (χ0v) is 35.7. The van der Waals surface area contributed by atoms with Crippen LogP contribution >= 0.6 is 0 Å². The molecule has 0 N–H and O–H groups in total. The molecule has 0 nitrogen and oxygen atoms in total. The van der Waals surface area contributed by atoms with E-state index in [0.717, 1.165) is 0 Å². The van der Waals surface area contributed by atoms with Crippen molar-refractivity contribution in [3.8, 4) is 55.6 Å². The van der Waals surface area contributed by atoms with Gasteiger partial charge in [-0.05, 0) is 160 Å². The highest BCUT2D eigenvalue weighted by Crippen LogP contribution is 2.55. The molecule has 3 aliphatic rings. The Bertz CT molecular complexity index is 2450. The summed E-state index contributed by atoms with van der Waals surface area (Å²) in [7, 11) is 0. The lowest BCUT2D eigenvalue weighted by Crippen LogP contribution is -2.18. The fraction of sp³-hybridized carbons (Fsp3) is 0.345. The topological polar surface area (TPSA) is 0 Å². The van der Waals surface area contributed by atoms with E-state index in [1.165, 1.54) is 111 Å². The Morgan fingerprint density at radius 1 is 0.309 bits per heavy atom. The van der Waals surface area contributed by atoms with Crippen molar-refractivity contribution in [2.24, 2.45) is 0 Å². The van der Waals surface area contributed by atoms with Gasteiger partial charge in [-0.2, -0.15) is 0 Å². The number of aryl methyl sites for hydroxylation is 2. The van der Waals surface area contributed by atoms with Crippen LogP contribution < -0.4 is 0 Å². The van der Waals surface area contributed by atoms with Gasteiger partial charge >= 0.3 is 0 Å². The molecule has 6 aromatic rings. The van der Waals surface area contributed by atoms with Gasteiger partial charge in [-0.3, -0.25) is 0 Å². The highest BCUT2D eigenvalue weighted by Gasteiger charge is 2.40. The van der Waals surface area contributed by atoms with E-state index in [4.69, 9.17) is 0 Å². The minimum atomic E-state index is -0.124. The Balaban J connectivity index is 1.10. The number of hydrogen-bond donors (Lipinski definition) is 0. The van der Waals surface area contributed by atoms with Crippen LogP contribution in [-0.2, 0) is 27.1 Å². The van der Waals surface area contributed by atoms with E-state index >= 15 is 0 Å². The van der Waals surface area contributed by atoms with Crippen molar-refractivity contribution in [1.82, 2.24) is 0 Å². The zero-order valence-electron chi connectivity index (χ0n) is 35.7. The molecule has 0 spiro atoms. The first-order chi connectivity index (χ1) is 25.6. The zero-order chi connectivity index (χ0) is 39.4. The Morgan fingerprint density at radius 2 is 0.600 bits per heavy atom. The Morgan fingerprint density at radius 3 is 0.927 bits per heavy atom. The standard InChI is InChI=1S/C55H58/c1-31-23-43-44-24-32(2)42(34-16-20-38-40-22-18-36(52(6,7)8)28-48(40)54(11,12)46(38)26-34)30-50(44)55(13,14)49(43)29-41(31)33-15-19-37-39-21-17-35(51(3,4)5)27-47(39)53(9,10)45(37)25-33/h15-30H,1-14H3. The molecular weight excluding hydrogens is 661 g/mol. The molecule has 278 valence electrons. The molecule has 0 heteroatoms. The van der Waals surface area contributed by atoms with Gasteiger partial charge in [0.25, 0.3) is 0 Å². The van der Waals surface area contributed by atoms with Crippen molar-refractivity contribution in [2.75, 3.05) is 0 Å². The Kier molecular flexibility index (Phi) is 7.34. The van der Waals surface area contributed by atoms with Crippen LogP contribution in [-0.4, -0.2) is 0 Å². The average Bonchev–Trinajstić information content (AvgIpc) is 3.57. The molecule has 0 amide bonds. The second-order valence-electron chi connectivity index (χ2n) is 20.8. The number of fused-ring (bicyclic) bond motifs is 9. The van der Waals surface area contributed by atoms with Crippen LogP contribution in [0.3, 0.4) is 0 Å². The van der Waals surface area contributed by atoms with E-state index in [0.29, 0.717) is 0 Å². The molecule has 6 aromatic carbocycles. The van der Waals surface area contributed by atoms with Gasteiger partial charge in [0, 0.05) is 16.2 Å². The second-order valence-corrected chi connectivity index (χ2v) is 20.8. The molecule has 0 atom stereocenters. The first-order valence-corrected chi connectivity index (χ1v) is 20.5. The van der Waals surface area contributed by atoms with Crippen molar-refractivity contribution in [3.05, 3.63) is 153 Å². The van der Waals surface area contributed by atoms with E-state index < -0.39 is 0 Å². The van der Waals surface area contributed by atoms with E-state index in [1.54, 1.807) is 0 Å². The summed E-state index contributed by atoms with van der Waals surface area (Å²) in [6, 6.07) is 38.8. The molecule has 9 rings (SSSR count). The number of hydrogen-bond acceptors (Lipinski definition) is 0. The van der Waals surface area contributed by atoms with Crippen LogP contribution in [0, 0.1) is 13.8 Å². The summed E-state index contributed by atoms with van der Waals surface area (Å²) in [4.78, 5) is 0. The molecule has 0 heterocycles. The first kappa shape index (κ1) is 36.0. The molecule has 0 saturated carbocycles. The summed E-state index contributed by atoms with van der Waals surface area (Å²) < 4.78 is 0. The van der Waals surface area contributed by atoms with Gasteiger partial charge in [0.1, 0.15) is 0 Å². The van der Waals surface area contributed by atoms with Crippen LogP contribution in [0.2, 0.25) is 0 Å². The van der Waals surface area contributed by atoms with E-state index in [9.17, 15) is 0 Å². The minimum absolute atomic E-state index is 0.0546. The van der Waals surface area contributed by atoms with Crippen molar-refractivity contribution in [1.29, 1.82) is 0 Å². The lowest BCUT2D eigenvalue weighted by Gasteiger charge is -2.26. The van der Waals surface area contributed by atoms with Crippen molar-refractivity contribution < 1.29 is 0 Å². The number of rotatable bonds is 2. The molecule has 3 aliphatic carbocycles. The summed E-state index contributed by atoms with van der Waals surface area (Å²) in [5, 5.41) is 0. The normalized spacial score (nSPS) is 16.6. The fourth-order valence-corrected chi connectivity index (χ4v) is 10.4. The van der Waals surface area contributed by atoms with Gasteiger partial charge in [0.15, 0.2) is 0 Å². The molecule has 0 radical (unpaired) electrons. The number of benzene rings is 6. The SMILES string of the molecule is Cc1cc2c(cc1-c1ccc3c(c1)C(C)(C)c1cc(C(C)(C)C)ccc1-3)C(C)(C)c1cc(-c3ccc4c(c3)C(C)(C)c3cc(C(C)(C)C)ccc3-4)c(C)cc1-2. The second kappa shape index (κ2) is 11.2. The maximum Gasteiger partial charge on any atom is 0.0159 e. The monoisotopic (exact) mass is 718 g/mol. The Hall–Kier alpha value is -4.68. The van der Waals surface area contributed by atoms with Crippen molar-refractivity contribution in [2.45, 2.75) is 124 Å². The van der Waals surface area contributed by atoms with Crippen LogP contribution in [0.4, 0.5) is 0 Å². The third-order valence-corrected chi connectivity index (χ3v) is 14.1. The van der Waals surface area contributed by atoms with E-state index in [1.807, 2.05) is 0 Å². The molecule has 0 saturated heterocycles. The Labute approximate surface area is 331 Å². The van der Waals surface area contributed by atoms with Crippen LogP contribution in [0.1, 0.15) is 139 Å². The van der Waals surface area contributed by atoms with Gasteiger partial charge in [-0.25, -0.2) is 0 Å². The molecule has 0 unspecified atom stereocenters. The molecule has 55 heavy (non-hydrogen) atoms. The lowest BCUT2D eigenvalue weighted by molar-refractivity contribution is 0.584. The van der Waals surface area contributed by atoms with Gasteiger partial charge in [-0.15, -0.1) is 0 Å². The highest BCUT2D eigenvalue weighted by molar-refractivity contribution is 5.91. The third kappa shape index (κ3) is 5.09. The molecule has 0 aromatic heterocycles. The predicted octanol–water partition coefficient (Wildman–Crippen LogP) is 15.2. The lowest BCUT2D eigenvalue weighted by atomic mass is 9.77. The summed E-state index contributed by atoms with van der Waals surface area (Å²) in [5.41, 5.74) is 27.8. The molecule has 0 bridgehead atoms. The maximum absolute atomic E-state index is 2.52. The van der Waals surface area contributed by atoms with Crippen LogP contribution in [0.25, 0.3) is 55.6 Å². The van der Waals surface area contributed by atoms with Gasteiger partial charge < -0.3 is 0 Å². The van der Waals surface area contributed by atoms with Crippen LogP contribution in [0.15, 0.2) is 97.1 Å². The summed E-state index contributed by atoms with van der Waals surface area (Å²) >= 11 is 0. The quantitative estimate of drug-likeness (QED) is 0.167. The summed E-state index contributed by atoms with van der Waals surface area (Å²) in [5.74, 6) is 0. The largest absolute Gasteiger partial charge is 0.0579 e. The van der Waals surface area contributed by atoms with Crippen molar-refractivity contribution in [3.63, 3.8) is 0 Å². The van der Waals surface area contributed by atoms with E-state index in [-0.39, 0.29) is 27.1 Å².